The van der Waals surface area contributed by atoms with Gasteiger partial charge in [-0.15, -0.1) is 0 Å². The molecule has 1 fully saturated rings. The highest BCUT2D eigenvalue weighted by molar-refractivity contribution is 5.78. The van der Waals surface area contributed by atoms with Crippen LogP contribution in [0.4, 0.5) is 0 Å². The van der Waals surface area contributed by atoms with E-state index in [1.165, 1.54) is 0 Å². The molecule has 1 atom stereocenters. The van der Waals surface area contributed by atoms with Gasteiger partial charge < -0.3 is 10.6 Å². The minimum atomic E-state index is 0.130. The lowest BCUT2D eigenvalue weighted by molar-refractivity contribution is -0.125. The van der Waals surface area contributed by atoms with Gasteiger partial charge in [-0.25, -0.2) is 0 Å². The van der Waals surface area contributed by atoms with E-state index >= 15 is 0 Å². The lowest BCUT2D eigenvalue weighted by atomic mass is 9.99. The lowest BCUT2D eigenvalue weighted by Crippen LogP contribution is -2.40. The lowest BCUT2D eigenvalue weighted by Gasteiger charge is -2.21. The number of carbonyl (C=O) groups is 1. The predicted molar refractivity (Wildman–Crippen MR) is 60.6 cm³/mol. The minimum Gasteiger partial charge on any atom is -0.352 e. The second-order valence-electron chi connectivity index (χ2n) is 4.28. The third kappa shape index (κ3) is 2.82. The number of hydrogen-bond donors (Lipinski definition) is 2. The van der Waals surface area contributed by atoms with E-state index in [0.717, 1.165) is 31.5 Å². The van der Waals surface area contributed by atoms with Crippen LogP contribution in [0.15, 0.2) is 12.4 Å². The van der Waals surface area contributed by atoms with Crippen molar-refractivity contribution in [3.8, 4) is 0 Å². The van der Waals surface area contributed by atoms with Crippen molar-refractivity contribution in [2.45, 2.75) is 19.4 Å². The van der Waals surface area contributed by atoms with Gasteiger partial charge in [-0.3, -0.25) is 9.48 Å². The van der Waals surface area contributed by atoms with E-state index in [1.807, 2.05) is 13.2 Å². The van der Waals surface area contributed by atoms with Crippen LogP contribution in [0.25, 0.3) is 0 Å². The van der Waals surface area contributed by atoms with Crippen molar-refractivity contribution in [2.75, 3.05) is 13.1 Å². The van der Waals surface area contributed by atoms with Crippen LogP contribution in [0.3, 0.4) is 0 Å². The molecule has 16 heavy (non-hydrogen) atoms. The fourth-order valence-electron chi connectivity index (χ4n) is 1.97. The molecule has 1 aliphatic rings. The van der Waals surface area contributed by atoms with Crippen LogP contribution in [-0.2, 0) is 18.4 Å². The second-order valence-corrected chi connectivity index (χ2v) is 4.28. The van der Waals surface area contributed by atoms with Crippen LogP contribution in [0.1, 0.15) is 18.4 Å². The Kier molecular flexibility index (Phi) is 3.56. The Balaban J connectivity index is 1.78. The average Bonchev–Trinajstić information content (AvgIpc) is 2.73. The molecule has 2 N–H and O–H groups in total. The third-order valence-corrected chi connectivity index (χ3v) is 2.89. The van der Waals surface area contributed by atoms with Gasteiger partial charge >= 0.3 is 0 Å². The molecule has 0 aliphatic carbocycles. The number of aryl methyl sites for hydroxylation is 1. The Morgan fingerprint density at radius 3 is 3.25 bits per heavy atom. The molecule has 1 saturated heterocycles. The zero-order chi connectivity index (χ0) is 11.4. The number of hydrogen-bond acceptors (Lipinski definition) is 3. The maximum absolute atomic E-state index is 11.8. The quantitative estimate of drug-likeness (QED) is 0.759. The van der Waals surface area contributed by atoms with Gasteiger partial charge in [-0.05, 0) is 19.4 Å². The molecule has 2 rings (SSSR count). The summed E-state index contributed by atoms with van der Waals surface area (Å²) in [6.07, 6.45) is 5.77. The molecule has 0 radical (unpaired) electrons. The molecule has 0 aromatic carbocycles. The molecule has 88 valence electrons. The van der Waals surface area contributed by atoms with Crippen molar-refractivity contribution in [1.82, 2.24) is 20.4 Å². The highest BCUT2D eigenvalue weighted by Crippen LogP contribution is 2.09. The molecule has 0 bridgehead atoms. The maximum atomic E-state index is 11.8. The van der Waals surface area contributed by atoms with E-state index in [0.29, 0.717) is 6.54 Å². The normalized spacial score (nSPS) is 20.7. The van der Waals surface area contributed by atoms with Crippen molar-refractivity contribution in [1.29, 1.82) is 0 Å². The highest BCUT2D eigenvalue weighted by Gasteiger charge is 2.20. The maximum Gasteiger partial charge on any atom is 0.224 e. The monoisotopic (exact) mass is 222 g/mol. The number of piperidine rings is 1. The molecule has 1 aromatic heterocycles. The minimum absolute atomic E-state index is 0.130. The Labute approximate surface area is 95.2 Å². The third-order valence-electron chi connectivity index (χ3n) is 2.89. The highest BCUT2D eigenvalue weighted by atomic mass is 16.1. The standard InChI is InChI=1S/C11H18N4O/c1-15-8-9(6-14-15)5-13-11(16)10-3-2-4-12-7-10/h6,8,10,12H,2-5,7H2,1H3,(H,13,16). The van der Waals surface area contributed by atoms with E-state index in [9.17, 15) is 4.79 Å². The number of nitrogens with zero attached hydrogens (tertiary/aromatic N) is 2. The number of nitrogens with one attached hydrogen (secondary N) is 2. The molecule has 0 spiro atoms. The first-order chi connectivity index (χ1) is 7.75. The van der Waals surface area contributed by atoms with Gasteiger partial charge in [0, 0.05) is 31.9 Å². The molecule has 1 amide bonds. The van der Waals surface area contributed by atoms with Gasteiger partial charge in [0.25, 0.3) is 0 Å². The summed E-state index contributed by atoms with van der Waals surface area (Å²) < 4.78 is 1.74. The second kappa shape index (κ2) is 5.12. The van der Waals surface area contributed by atoms with Crippen LogP contribution in [0.5, 0.6) is 0 Å². The molecule has 2 heterocycles. The molecular formula is C11H18N4O. The van der Waals surface area contributed by atoms with Gasteiger partial charge in [0.2, 0.25) is 5.91 Å². The molecule has 1 unspecified atom stereocenters. The summed E-state index contributed by atoms with van der Waals surface area (Å²) in [6.45, 7) is 2.41. The van der Waals surface area contributed by atoms with Crippen LogP contribution >= 0.6 is 0 Å². The zero-order valence-electron chi connectivity index (χ0n) is 9.57. The Bertz CT molecular complexity index is 355. The number of amides is 1. The average molecular weight is 222 g/mol. The van der Waals surface area contributed by atoms with Gasteiger partial charge in [-0.2, -0.15) is 5.10 Å². The molecule has 0 saturated carbocycles. The summed E-state index contributed by atoms with van der Waals surface area (Å²) in [5.74, 6) is 0.279. The summed E-state index contributed by atoms with van der Waals surface area (Å²) >= 11 is 0. The van der Waals surface area contributed by atoms with Gasteiger partial charge in [0.1, 0.15) is 0 Å². The molecule has 5 nitrogen and oxygen atoms in total. The molecule has 1 aromatic rings. The van der Waals surface area contributed by atoms with Crippen molar-refractivity contribution in [3.05, 3.63) is 18.0 Å². The van der Waals surface area contributed by atoms with Crippen molar-refractivity contribution < 1.29 is 4.79 Å². The first-order valence-electron chi connectivity index (χ1n) is 5.71. The van der Waals surface area contributed by atoms with Crippen LogP contribution in [0.2, 0.25) is 0 Å². The smallest absolute Gasteiger partial charge is 0.224 e. The van der Waals surface area contributed by atoms with Crippen LogP contribution in [0, 0.1) is 5.92 Å². The van der Waals surface area contributed by atoms with E-state index in [2.05, 4.69) is 15.7 Å². The summed E-state index contributed by atoms with van der Waals surface area (Å²) in [7, 11) is 1.87. The van der Waals surface area contributed by atoms with Crippen molar-refractivity contribution in [3.63, 3.8) is 0 Å². The molecule has 1 aliphatic heterocycles. The van der Waals surface area contributed by atoms with Gasteiger partial charge in [0.15, 0.2) is 0 Å². The number of rotatable bonds is 3. The molecule has 5 heteroatoms. The summed E-state index contributed by atoms with van der Waals surface area (Å²) in [4.78, 5) is 11.8. The topological polar surface area (TPSA) is 59.0 Å². The fourth-order valence-corrected chi connectivity index (χ4v) is 1.97. The van der Waals surface area contributed by atoms with Crippen LogP contribution in [-0.4, -0.2) is 28.8 Å². The van der Waals surface area contributed by atoms with Gasteiger partial charge in [-0.1, -0.05) is 0 Å². The zero-order valence-corrected chi connectivity index (χ0v) is 9.57. The van der Waals surface area contributed by atoms with Crippen molar-refractivity contribution >= 4 is 5.91 Å². The summed E-state index contributed by atoms with van der Waals surface area (Å²) in [5.41, 5.74) is 1.04. The van der Waals surface area contributed by atoms with E-state index in [1.54, 1.807) is 10.9 Å². The van der Waals surface area contributed by atoms with Crippen molar-refractivity contribution in [2.24, 2.45) is 13.0 Å². The summed E-state index contributed by atoms with van der Waals surface area (Å²) in [6, 6.07) is 0. The first-order valence-corrected chi connectivity index (χ1v) is 5.71. The largest absolute Gasteiger partial charge is 0.352 e. The summed E-state index contributed by atoms with van der Waals surface area (Å²) in [5, 5.41) is 10.3. The van der Waals surface area contributed by atoms with E-state index < -0.39 is 0 Å². The Morgan fingerprint density at radius 1 is 1.75 bits per heavy atom. The predicted octanol–water partition coefficient (Wildman–Crippen LogP) is 0.0359. The fraction of sp³-hybridized carbons (Fsp3) is 0.636. The van der Waals surface area contributed by atoms with E-state index in [-0.39, 0.29) is 11.8 Å². The first kappa shape index (κ1) is 11.1. The Hall–Kier alpha value is -1.36. The van der Waals surface area contributed by atoms with Gasteiger partial charge in [0.05, 0.1) is 12.1 Å². The molecular weight excluding hydrogens is 204 g/mol. The SMILES string of the molecule is Cn1cc(CNC(=O)C2CCCNC2)cn1. The van der Waals surface area contributed by atoms with E-state index in [4.69, 9.17) is 0 Å². The number of carbonyl (C=O) groups excluding carboxylic acids is 1. The number of aromatic nitrogens is 2. The van der Waals surface area contributed by atoms with Crippen LogP contribution < -0.4 is 10.6 Å². The Morgan fingerprint density at radius 2 is 2.62 bits per heavy atom.